The maximum atomic E-state index is 11.0. The fourth-order valence-electron chi connectivity index (χ4n) is 0.479. The molecule has 2 N–H and O–H groups in total. The van der Waals surface area contributed by atoms with Gasteiger partial charge >= 0.3 is 6.03 Å². The first-order chi connectivity index (χ1) is 5.00. The summed E-state index contributed by atoms with van der Waals surface area (Å²) >= 11 is 0. The summed E-state index contributed by atoms with van der Waals surface area (Å²) < 4.78 is 0. The van der Waals surface area contributed by atoms with Gasteiger partial charge in [-0.25, -0.2) is 9.69 Å². The zero-order valence-electron chi connectivity index (χ0n) is 6.33. The second-order valence-corrected chi connectivity index (χ2v) is 1.98. The van der Waals surface area contributed by atoms with Crippen LogP contribution in [-0.2, 0) is 4.79 Å². The maximum Gasteiger partial charge on any atom is 0.325 e. The van der Waals surface area contributed by atoms with Gasteiger partial charge in [-0.15, -0.1) is 0 Å². The zero-order valence-corrected chi connectivity index (χ0v) is 6.33. The number of amides is 3. The molecule has 0 aliphatic heterocycles. The Morgan fingerprint density at radius 1 is 1.55 bits per heavy atom. The minimum absolute atomic E-state index is 0.240. The molecule has 0 spiro atoms. The third-order valence-corrected chi connectivity index (χ3v) is 1.00. The summed E-state index contributed by atoms with van der Waals surface area (Å²) in [5.41, 5.74) is 5.08. The monoisotopic (exact) mass is 154 g/mol. The number of imide groups is 1. The van der Waals surface area contributed by atoms with Crippen molar-refractivity contribution in [2.24, 2.45) is 5.73 Å². The van der Waals surface area contributed by atoms with E-state index in [0.717, 1.165) is 6.20 Å². The van der Waals surface area contributed by atoms with E-state index >= 15 is 0 Å². The number of hydrogen-bond acceptors (Lipinski definition) is 2. The standard InChI is InChI=1S/C7H10N2O2/c1-4-9(7(8)11)6(10)5(2)3/h4H,1-2H2,3H3,(H2,8,11). The van der Waals surface area contributed by atoms with Gasteiger partial charge in [0.15, 0.2) is 0 Å². The minimum atomic E-state index is -0.854. The van der Waals surface area contributed by atoms with Crippen LogP contribution in [0, 0.1) is 0 Å². The highest BCUT2D eigenvalue weighted by atomic mass is 16.2. The minimum Gasteiger partial charge on any atom is -0.351 e. The molecule has 0 aromatic heterocycles. The van der Waals surface area contributed by atoms with Crippen LogP contribution in [-0.4, -0.2) is 16.8 Å². The predicted molar refractivity (Wildman–Crippen MR) is 41.4 cm³/mol. The van der Waals surface area contributed by atoms with E-state index in [1.165, 1.54) is 6.92 Å². The van der Waals surface area contributed by atoms with Gasteiger partial charge in [0.25, 0.3) is 5.91 Å². The molecule has 0 rings (SSSR count). The Morgan fingerprint density at radius 2 is 2.00 bits per heavy atom. The topological polar surface area (TPSA) is 63.4 Å². The molecule has 0 radical (unpaired) electrons. The molecule has 0 unspecified atom stereocenters. The Balaban J connectivity index is 4.52. The van der Waals surface area contributed by atoms with Gasteiger partial charge < -0.3 is 5.73 Å². The van der Waals surface area contributed by atoms with Gasteiger partial charge in [-0.05, 0) is 6.92 Å². The van der Waals surface area contributed by atoms with Crippen LogP contribution in [0.25, 0.3) is 0 Å². The summed E-state index contributed by atoms with van der Waals surface area (Å²) in [6.45, 7) is 8.10. The lowest BCUT2D eigenvalue weighted by molar-refractivity contribution is -0.122. The number of nitrogens with two attached hydrogens (primary N) is 1. The van der Waals surface area contributed by atoms with E-state index in [2.05, 4.69) is 13.2 Å². The highest BCUT2D eigenvalue weighted by molar-refractivity contribution is 6.03. The summed E-state index contributed by atoms with van der Waals surface area (Å²) in [7, 11) is 0. The van der Waals surface area contributed by atoms with Crippen molar-refractivity contribution in [1.82, 2.24) is 4.90 Å². The molecule has 0 saturated carbocycles. The number of hydrogen-bond donors (Lipinski definition) is 1. The van der Waals surface area contributed by atoms with Crippen molar-refractivity contribution in [2.45, 2.75) is 6.92 Å². The molecular formula is C7H10N2O2. The van der Waals surface area contributed by atoms with Crippen molar-refractivity contribution >= 4 is 11.9 Å². The second kappa shape index (κ2) is 3.55. The van der Waals surface area contributed by atoms with Crippen LogP contribution in [0.4, 0.5) is 4.79 Å². The quantitative estimate of drug-likeness (QED) is 0.592. The van der Waals surface area contributed by atoms with Crippen molar-refractivity contribution in [2.75, 3.05) is 0 Å². The lowest BCUT2D eigenvalue weighted by Crippen LogP contribution is -2.36. The van der Waals surface area contributed by atoms with E-state index in [0.29, 0.717) is 4.90 Å². The lowest BCUT2D eigenvalue weighted by atomic mass is 10.3. The van der Waals surface area contributed by atoms with Crippen LogP contribution in [0.1, 0.15) is 6.92 Å². The first kappa shape index (κ1) is 9.42. The molecule has 0 atom stereocenters. The number of primary amides is 1. The first-order valence-electron chi connectivity index (χ1n) is 2.91. The largest absolute Gasteiger partial charge is 0.351 e. The molecule has 0 aromatic carbocycles. The summed E-state index contributed by atoms with van der Waals surface area (Å²) in [5.74, 6) is -0.535. The molecule has 0 fully saturated rings. The molecule has 0 saturated heterocycles. The van der Waals surface area contributed by atoms with Crippen LogP contribution in [0.5, 0.6) is 0 Å². The van der Waals surface area contributed by atoms with Crippen molar-refractivity contribution in [1.29, 1.82) is 0 Å². The Morgan fingerprint density at radius 3 is 2.09 bits per heavy atom. The summed E-state index contributed by atoms with van der Waals surface area (Å²) in [5, 5.41) is 0. The lowest BCUT2D eigenvalue weighted by Gasteiger charge is -2.11. The van der Waals surface area contributed by atoms with E-state index in [4.69, 9.17) is 5.73 Å². The van der Waals surface area contributed by atoms with Crippen LogP contribution in [0.15, 0.2) is 24.9 Å². The molecule has 0 aliphatic rings. The normalized spacial score (nSPS) is 8.45. The van der Waals surface area contributed by atoms with Gasteiger partial charge in [0.1, 0.15) is 0 Å². The number of rotatable bonds is 2. The average molecular weight is 154 g/mol. The smallest absolute Gasteiger partial charge is 0.325 e. The third kappa shape index (κ3) is 2.25. The van der Waals surface area contributed by atoms with Crippen molar-refractivity contribution < 1.29 is 9.59 Å². The second-order valence-electron chi connectivity index (χ2n) is 1.98. The number of nitrogens with zero attached hydrogens (tertiary/aromatic N) is 1. The fraction of sp³-hybridized carbons (Fsp3) is 0.143. The number of carbonyl (C=O) groups is 2. The summed E-state index contributed by atoms with van der Waals surface area (Å²) in [6.07, 6.45) is 1.05. The van der Waals surface area contributed by atoms with E-state index in [1.807, 2.05) is 0 Å². The molecule has 0 aliphatic carbocycles. The molecule has 4 nitrogen and oxygen atoms in total. The van der Waals surface area contributed by atoms with Crippen LogP contribution < -0.4 is 5.73 Å². The molecular weight excluding hydrogens is 144 g/mol. The van der Waals surface area contributed by atoms with Crippen LogP contribution >= 0.6 is 0 Å². The molecule has 0 aromatic rings. The average Bonchev–Trinajstić information content (AvgIpc) is 1.88. The van der Waals surface area contributed by atoms with Crippen molar-refractivity contribution in [3.63, 3.8) is 0 Å². The van der Waals surface area contributed by atoms with Gasteiger partial charge in [-0.3, -0.25) is 4.79 Å². The molecule has 3 amide bonds. The summed E-state index contributed by atoms with van der Waals surface area (Å²) in [4.78, 5) is 22.2. The Kier molecular flexibility index (Phi) is 3.04. The van der Waals surface area contributed by atoms with Gasteiger partial charge in [0, 0.05) is 11.8 Å². The van der Waals surface area contributed by atoms with Crippen molar-refractivity contribution in [3.8, 4) is 0 Å². The third-order valence-electron chi connectivity index (χ3n) is 1.00. The van der Waals surface area contributed by atoms with Crippen molar-refractivity contribution in [3.05, 3.63) is 24.9 Å². The molecule has 11 heavy (non-hydrogen) atoms. The summed E-state index contributed by atoms with van der Waals surface area (Å²) in [6, 6.07) is -0.854. The number of urea groups is 1. The van der Waals surface area contributed by atoms with Crippen LogP contribution in [0.2, 0.25) is 0 Å². The molecule has 4 heteroatoms. The fourth-order valence-corrected chi connectivity index (χ4v) is 0.479. The van der Waals surface area contributed by atoms with E-state index in [9.17, 15) is 9.59 Å². The Hall–Kier alpha value is -1.58. The first-order valence-corrected chi connectivity index (χ1v) is 2.91. The highest BCUT2D eigenvalue weighted by Gasteiger charge is 2.14. The Bertz CT molecular complexity index is 220. The molecule has 60 valence electrons. The predicted octanol–water partition coefficient (Wildman–Crippen LogP) is 0.613. The zero-order chi connectivity index (χ0) is 9.02. The van der Waals surface area contributed by atoms with E-state index < -0.39 is 11.9 Å². The van der Waals surface area contributed by atoms with Gasteiger partial charge in [0.2, 0.25) is 0 Å². The highest BCUT2D eigenvalue weighted by Crippen LogP contribution is 1.97. The SMILES string of the molecule is C=CN(C(N)=O)C(=O)C(=C)C. The van der Waals surface area contributed by atoms with E-state index in [-0.39, 0.29) is 5.57 Å². The van der Waals surface area contributed by atoms with Crippen LogP contribution in [0.3, 0.4) is 0 Å². The molecule has 0 bridgehead atoms. The van der Waals surface area contributed by atoms with E-state index in [1.54, 1.807) is 0 Å². The van der Waals surface area contributed by atoms with Gasteiger partial charge in [0.05, 0.1) is 0 Å². The van der Waals surface area contributed by atoms with Gasteiger partial charge in [-0.2, -0.15) is 0 Å². The number of carbonyl (C=O) groups excluding carboxylic acids is 2. The maximum absolute atomic E-state index is 11.0. The Labute approximate surface area is 65.0 Å². The molecule has 0 heterocycles. The van der Waals surface area contributed by atoms with Gasteiger partial charge in [-0.1, -0.05) is 13.2 Å².